The van der Waals surface area contributed by atoms with Gasteiger partial charge in [-0.15, -0.1) is 0 Å². The van der Waals surface area contributed by atoms with E-state index in [2.05, 4.69) is 21.6 Å². The average Bonchev–Trinajstić information content (AvgIpc) is 2.62. The number of aldehydes is 1. The highest BCUT2D eigenvalue weighted by molar-refractivity contribution is 5.79. The molecule has 1 aromatic carbocycles. The molecule has 0 saturated carbocycles. The number of aliphatic hydroxyl groups is 1. The van der Waals surface area contributed by atoms with Crippen LogP contribution in [0.1, 0.15) is 28.5 Å². The van der Waals surface area contributed by atoms with E-state index < -0.39 is 6.79 Å². The lowest BCUT2D eigenvalue weighted by Crippen LogP contribution is -1.98. The number of carbonyl (C=O) groups is 1. The van der Waals surface area contributed by atoms with Crippen LogP contribution in [-0.4, -0.2) is 44.0 Å². The van der Waals surface area contributed by atoms with Crippen LogP contribution in [0.2, 0.25) is 0 Å². The Kier molecular flexibility index (Phi) is 9.38. The standard InChI is InChI=1S/C17H15NO4.C2H6O/c1-2-21-16-8-7-15(18-10-16)6-4-13-3-5-14(11-19)17(9-13)22-12-20;1-3-2/h3,5,7-11,20H,2,12H2,1H3;1-2H3. The molecular formula is C19H21NO5. The summed E-state index contributed by atoms with van der Waals surface area (Å²) in [6.45, 7) is 1.99. The summed E-state index contributed by atoms with van der Waals surface area (Å²) in [5.41, 5.74) is 1.62. The largest absolute Gasteiger partial charge is 0.492 e. The number of rotatable bonds is 5. The second-order valence-electron chi connectivity index (χ2n) is 4.61. The van der Waals surface area contributed by atoms with Gasteiger partial charge in [0.25, 0.3) is 0 Å². The van der Waals surface area contributed by atoms with E-state index in [1.165, 1.54) is 0 Å². The Morgan fingerprint density at radius 3 is 2.48 bits per heavy atom. The van der Waals surface area contributed by atoms with Crippen LogP contribution in [0.5, 0.6) is 11.5 Å². The predicted molar refractivity (Wildman–Crippen MR) is 93.9 cm³/mol. The van der Waals surface area contributed by atoms with Crippen LogP contribution in [0.25, 0.3) is 0 Å². The van der Waals surface area contributed by atoms with Crippen LogP contribution in [0.3, 0.4) is 0 Å². The summed E-state index contributed by atoms with van der Waals surface area (Å²) in [5, 5.41) is 8.81. The molecule has 1 N–H and O–H groups in total. The zero-order valence-corrected chi connectivity index (χ0v) is 14.5. The summed E-state index contributed by atoms with van der Waals surface area (Å²) in [6.07, 6.45) is 2.28. The molecule has 0 aliphatic carbocycles. The van der Waals surface area contributed by atoms with Crippen molar-refractivity contribution in [3.8, 4) is 23.3 Å². The molecule has 0 radical (unpaired) electrons. The Balaban J connectivity index is 0.000000970. The maximum absolute atomic E-state index is 10.9. The zero-order valence-electron chi connectivity index (χ0n) is 14.5. The van der Waals surface area contributed by atoms with Crippen molar-refractivity contribution in [1.29, 1.82) is 0 Å². The van der Waals surface area contributed by atoms with E-state index in [4.69, 9.17) is 14.6 Å². The third-order valence-electron chi connectivity index (χ3n) is 2.74. The van der Waals surface area contributed by atoms with Crippen molar-refractivity contribution in [2.24, 2.45) is 0 Å². The van der Waals surface area contributed by atoms with Gasteiger partial charge in [0, 0.05) is 19.8 Å². The molecule has 6 heteroatoms. The smallest absolute Gasteiger partial charge is 0.186 e. The maximum Gasteiger partial charge on any atom is 0.186 e. The lowest BCUT2D eigenvalue weighted by Gasteiger charge is -2.05. The van der Waals surface area contributed by atoms with Gasteiger partial charge >= 0.3 is 0 Å². The van der Waals surface area contributed by atoms with Gasteiger partial charge in [-0.05, 0) is 43.2 Å². The van der Waals surface area contributed by atoms with Gasteiger partial charge in [0.15, 0.2) is 13.1 Å². The number of hydrogen-bond acceptors (Lipinski definition) is 6. The maximum atomic E-state index is 10.9. The Hall–Kier alpha value is -2.88. The zero-order chi connectivity index (χ0) is 18.5. The average molecular weight is 343 g/mol. The number of aliphatic hydroxyl groups excluding tert-OH is 1. The first-order chi connectivity index (χ1) is 12.2. The van der Waals surface area contributed by atoms with Crippen molar-refractivity contribution >= 4 is 6.29 Å². The SMILES string of the molecule is CCOc1ccc(C#Cc2ccc(C=O)c(OCO)c2)nc1.COC. The minimum absolute atomic E-state index is 0.295. The van der Waals surface area contributed by atoms with Crippen LogP contribution in [0.4, 0.5) is 0 Å². The molecule has 2 rings (SSSR count). The van der Waals surface area contributed by atoms with E-state index in [1.807, 2.05) is 6.92 Å². The molecular weight excluding hydrogens is 322 g/mol. The van der Waals surface area contributed by atoms with Gasteiger partial charge in [-0.1, -0.05) is 5.92 Å². The molecule has 0 saturated heterocycles. The minimum atomic E-state index is -0.502. The molecule has 6 nitrogen and oxygen atoms in total. The number of nitrogens with zero attached hydrogens (tertiary/aromatic N) is 1. The van der Waals surface area contributed by atoms with Gasteiger partial charge in [0.05, 0.1) is 18.4 Å². The summed E-state index contributed by atoms with van der Waals surface area (Å²) in [7, 11) is 3.25. The Bertz CT molecular complexity index is 717. The number of hydrogen-bond donors (Lipinski definition) is 1. The molecule has 1 heterocycles. The number of ether oxygens (including phenoxy) is 3. The van der Waals surface area contributed by atoms with Gasteiger partial charge in [0.2, 0.25) is 0 Å². The number of pyridine rings is 1. The van der Waals surface area contributed by atoms with Gasteiger partial charge in [-0.2, -0.15) is 0 Å². The minimum Gasteiger partial charge on any atom is -0.492 e. The molecule has 0 unspecified atom stereocenters. The summed E-state index contributed by atoms with van der Waals surface area (Å²) < 4.78 is 14.5. The van der Waals surface area contributed by atoms with Crippen molar-refractivity contribution < 1.29 is 24.1 Å². The monoisotopic (exact) mass is 343 g/mol. The Morgan fingerprint density at radius 1 is 1.16 bits per heavy atom. The van der Waals surface area contributed by atoms with Crippen molar-refractivity contribution in [1.82, 2.24) is 4.98 Å². The molecule has 0 spiro atoms. The topological polar surface area (TPSA) is 77.9 Å². The van der Waals surface area contributed by atoms with Crippen molar-refractivity contribution in [2.45, 2.75) is 6.92 Å². The molecule has 1 aromatic heterocycles. The fraction of sp³-hybridized carbons (Fsp3) is 0.263. The number of methoxy groups -OCH3 is 1. The van der Waals surface area contributed by atoms with Gasteiger partial charge in [-0.25, -0.2) is 4.98 Å². The lowest BCUT2D eigenvalue weighted by molar-refractivity contribution is 0.0959. The van der Waals surface area contributed by atoms with Crippen LogP contribution >= 0.6 is 0 Å². The predicted octanol–water partition coefficient (Wildman–Crippen LogP) is 2.28. The van der Waals surface area contributed by atoms with Crippen molar-refractivity contribution in [3.63, 3.8) is 0 Å². The van der Waals surface area contributed by atoms with Crippen LogP contribution in [0, 0.1) is 11.8 Å². The van der Waals surface area contributed by atoms with Crippen molar-refractivity contribution in [3.05, 3.63) is 53.3 Å². The summed E-state index contributed by atoms with van der Waals surface area (Å²) in [5.74, 6) is 6.84. The summed E-state index contributed by atoms with van der Waals surface area (Å²) in [6, 6.07) is 8.46. The number of aromatic nitrogens is 1. The highest BCUT2D eigenvalue weighted by Crippen LogP contribution is 2.18. The van der Waals surface area contributed by atoms with E-state index in [1.54, 1.807) is 50.7 Å². The summed E-state index contributed by atoms with van der Waals surface area (Å²) in [4.78, 5) is 15.0. The fourth-order valence-electron chi connectivity index (χ4n) is 1.75. The second-order valence-corrected chi connectivity index (χ2v) is 4.61. The molecule has 0 atom stereocenters. The first-order valence-corrected chi connectivity index (χ1v) is 7.52. The van der Waals surface area contributed by atoms with Gasteiger partial charge in [0.1, 0.15) is 17.2 Å². The normalized spacial score (nSPS) is 9.12. The summed E-state index contributed by atoms with van der Waals surface area (Å²) >= 11 is 0. The second kappa shape index (κ2) is 11.6. The van der Waals surface area contributed by atoms with E-state index in [0.717, 1.165) is 0 Å². The van der Waals surface area contributed by atoms with Crippen LogP contribution in [-0.2, 0) is 4.74 Å². The van der Waals surface area contributed by atoms with Crippen LogP contribution in [0.15, 0.2) is 36.5 Å². The van der Waals surface area contributed by atoms with Crippen LogP contribution < -0.4 is 9.47 Å². The van der Waals surface area contributed by atoms with Gasteiger partial charge in [-0.3, -0.25) is 4.79 Å². The third kappa shape index (κ3) is 7.04. The van der Waals surface area contributed by atoms with Crippen molar-refractivity contribution in [2.75, 3.05) is 27.6 Å². The Labute approximate surface area is 147 Å². The lowest BCUT2D eigenvalue weighted by atomic mass is 10.1. The van der Waals surface area contributed by atoms with E-state index in [-0.39, 0.29) is 0 Å². The van der Waals surface area contributed by atoms with E-state index in [9.17, 15) is 4.79 Å². The Morgan fingerprint density at radius 2 is 1.92 bits per heavy atom. The highest BCUT2D eigenvalue weighted by Gasteiger charge is 2.03. The number of carbonyl (C=O) groups excluding carboxylic acids is 1. The molecule has 0 aliphatic heterocycles. The molecule has 0 aliphatic rings. The van der Waals surface area contributed by atoms with Gasteiger partial charge < -0.3 is 19.3 Å². The quantitative estimate of drug-likeness (QED) is 0.510. The first-order valence-electron chi connectivity index (χ1n) is 7.52. The number of benzene rings is 1. The molecule has 0 amide bonds. The van der Waals surface area contributed by atoms with E-state index in [0.29, 0.717) is 41.2 Å². The third-order valence-corrected chi connectivity index (χ3v) is 2.74. The van der Waals surface area contributed by atoms with E-state index >= 15 is 0 Å². The molecule has 25 heavy (non-hydrogen) atoms. The molecule has 2 aromatic rings. The molecule has 132 valence electrons. The fourth-order valence-corrected chi connectivity index (χ4v) is 1.75. The highest BCUT2D eigenvalue weighted by atomic mass is 16.6. The molecule has 0 fully saturated rings. The molecule has 0 bridgehead atoms. The first kappa shape index (κ1) is 20.2.